The second-order valence-corrected chi connectivity index (χ2v) is 8.06. The van der Waals surface area contributed by atoms with E-state index >= 15 is 0 Å². The molecule has 2 heterocycles. The van der Waals surface area contributed by atoms with Crippen LogP contribution in [0, 0.1) is 6.92 Å². The standard InChI is InChI=1S/C23H24ClNO3/c1-14-5-3-4-12-25(14)13-19-20(26)11-10-18-22(27)21(15(2)28-23(18)19)16-6-8-17(24)9-7-16/h6-11,14,26H,3-5,12-13H2,1-2H3. The Kier molecular flexibility index (Phi) is 5.17. The number of hydrogen-bond donors (Lipinski definition) is 1. The third-order valence-corrected chi connectivity index (χ3v) is 6.00. The van der Waals surface area contributed by atoms with Crippen molar-refractivity contribution in [3.63, 3.8) is 0 Å². The van der Waals surface area contributed by atoms with Gasteiger partial charge in [-0.1, -0.05) is 30.2 Å². The molecule has 4 rings (SSSR count). The summed E-state index contributed by atoms with van der Waals surface area (Å²) in [5.41, 5.74) is 2.39. The van der Waals surface area contributed by atoms with Crippen molar-refractivity contribution in [2.45, 2.75) is 45.7 Å². The van der Waals surface area contributed by atoms with Crippen molar-refractivity contribution in [3.8, 4) is 16.9 Å². The lowest BCUT2D eigenvalue weighted by atomic mass is 9.99. The predicted octanol–water partition coefficient (Wildman–Crippen LogP) is 5.50. The van der Waals surface area contributed by atoms with Gasteiger partial charge in [0, 0.05) is 17.6 Å². The molecular weight excluding hydrogens is 374 g/mol. The number of aromatic hydroxyl groups is 1. The lowest BCUT2D eigenvalue weighted by molar-refractivity contribution is 0.151. The fourth-order valence-electron chi connectivity index (χ4n) is 4.11. The molecule has 28 heavy (non-hydrogen) atoms. The molecule has 1 saturated heterocycles. The van der Waals surface area contributed by atoms with E-state index in [1.165, 1.54) is 6.42 Å². The van der Waals surface area contributed by atoms with E-state index in [0.29, 0.717) is 45.5 Å². The minimum absolute atomic E-state index is 0.0889. The number of nitrogens with zero attached hydrogens (tertiary/aromatic N) is 1. The first kappa shape index (κ1) is 19.0. The predicted molar refractivity (Wildman–Crippen MR) is 113 cm³/mol. The van der Waals surface area contributed by atoms with Gasteiger partial charge in [0.25, 0.3) is 0 Å². The number of phenols is 1. The molecule has 4 nitrogen and oxygen atoms in total. The van der Waals surface area contributed by atoms with Crippen LogP contribution < -0.4 is 5.43 Å². The summed E-state index contributed by atoms with van der Waals surface area (Å²) in [5, 5.41) is 11.6. The summed E-state index contributed by atoms with van der Waals surface area (Å²) >= 11 is 5.98. The fraction of sp³-hybridized carbons (Fsp3) is 0.348. The van der Waals surface area contributed by atoms with E-state index in [2.05, 4.69) is 11.8 Å². The molecule has 5 heteroatoms. The number of rotatable bonds is 3. The second-order valence-electron chi connectivity index (χ2n) is 7.62. The maximum Gasteiger partial charge on any atom is 0.200 e. The highest BCUT2D eigenvalue weighted by molar-refractivity contribution is 6.30. The molecule has 1 atom stereocenters. The molecule has 2 aromatic carbocycles. The van der Waals surface area contributed by atoms with Crippen LogP contribution in [0.4, 0.5) is 0 Å². The minimum Gasteiger partial charge on any atom is -0.507 e. The largest absolute Gasteiger partial charge is 0.507 e. The topological polar surface area (TPSA) is 53.7 Å². The zero-order valence-electron chi connectivity index (χ0n) is 16.2. The summed E-state index contributed by atoms with van der Waals surface area (Å²) in [5.74, 6) is 0.713. The van der Waals surface area contributed by atoms with Gasteiger partial charge in [0.05, 0.1) is 16.5 Å². The van der Waals surface area contributed by atoms with Crippen molar-refractivity contribution in [1.29, 1.82) is 0 Å². The SMILES string of the molecule is Cc1oc2c(CN3CCCCC3C)c(O)ccc2c(=O)c1-c1ccc(Cl)cc1. The molecule has 0 spiro atoms. The van der Waals surface area contributed by atoms with Gasteiger partial charge in [-0.2, -0.15) is 0 Å². The number of aryl methyl sites for hydroxylation is 1. The Morgan fingerprint density at radius 3 is 2.64 bits per heavy atom. The summed E-state index contributed by atoms with van der Waals surface area (Å²) in [4.78, 5) is 15.6. The highest BCUT2D eigenvalue weighted by Gasteiger charge is 2.23. The molecule has 3 aromatic rings. The van der Waals surface area contributed by atoms with Gasteiger partial charge in [-0.05, 0) is 63.1 Å². The molecule has 0 amide bonds. The molecule has 1 fully saturated rings. The first-order chi connectivity index (χ1) is 13.5. The zero-order chi connectivity index (χ0) is 19.8. The first-order valence-corrected chi connectivity index (χ1v) is 10.1. The van der Waals surface area contributed by atoms with E-state index in [-0.39, 0.29) is 11.2 Å². The van der Waals surface area contributed by atoms with E-state index in [0.717, 1.165) is 24.9 Å². The molecule has 1 N–H and O–H groups in total. The van der Waals surface area contributed by atoms with Crippen molar-refractivity contribution in [3.05, 3.63) is 63.0 Å². The number of halogens is 1. The molecular formula is C23H24ClNO3. The van der Waals surface area contributed by atoms with Crippen molar-refractivity contribution < 1.29 is 9.52 Å². The fourth-order valence-corrected chi connectivity index (χ4v) is 4.24. The number of benzene rings is 2. The van der Waals surface area contributed by atoms with Gasteiger partial charge in [0.1, 0.15) is 17.1 Å². The maximum absolute atomic E-state index is 13.3. The molecule has 0 aliphatic carbocycles. The molecule has 0 radical (unpaired) electrons. The van der Waals surface area contributed by atoms with Crippen LogP contribution >= 0.6 is 11.6 Å². The van der Waals surface area contributed by atoms with Crippen molar-refractivity contribution in [1.82, 2.24) is 4.90 Å². The normalized spacial score (nSPS) is 17.9. The van der Waals surface area contributed by atoms with Crippen LogP contribution in [0.1, 0.15) is 37.5 Å². The van der Waals surface area contributed by atoms with Crippen LogP contribution in [0.15, 0.2) is 45.6 Å². The smallest absolute Gasteiger partial charge is 0.200 e. The Morgan fingerprint density at radius 2 is 1.93 bits per heavy atom. The van der Waals surface area contributed by atoms with Crippen LogP contribution in [0.3, 0.4) is 0 Å². The summed E-state index contributed by atoms with van der Waals surface area (Å²) in [6.45, 7) is 5.57. The van der Waals surface area contributed by atoms with E-state index < -0.39 is 0 Å². The molecule has 1 aromatic heterocycles. The summed E-state index contributed by atoms with van der Waals surface area (Å²) < 4.78 is 6.13. The average molecular weight is 398 g/mol. The van der Waals surface area contributed by atoms with Gasteiger partial charge in [-0.15, -0.1) is 0 Å². The van der Waals surface area contributed by atoms with E-state index in [4.69, 9.17) is 16.0 Å². The van der Waals surface area contributed by atoms with Crippen molar-refractivity contribution in [2.75, 3.05) is 6.54 Å². The third-order valence-electron chi connectivity index (χ3n) is 5.75. The van der Waals surface area contributed by atoms with Crippen LogP contribution in [-0.4, -0.2) is 22.6 Å². The molecule has 1 aliphatic heterocycles. The Balaban J connectivity index is 1.85. The molecule has 1 unspecified atom stereocenters. The van der Waals surface area contributed by atoms with Crippen LogP contribution in [0.5, 0.6) is 5.75 Å². The molecule has 0 saturated carbocycles. The van der Waals surface area contributed by atoms with E-state index in [1.807, 2.05) is 12.1 Å². The second kappa shape index (κ2) is 7.61. The molecule has 146 valence electrons. The number of hydrogen-bond acceptors (Lipinski definition) is 4. The zero-order valence-corrected chi connectivity index (χ0v) is 16.9. The van der Waals surface area contributed by atoms with Gasteiger partial charge < -0.3 is 9.52 Å². The Morgan fingerprint density at radius 1 is 1.18 bits per heavy atom. The Hall–Kier alpha value is -2.30. The van der Waals surface area contributed by atoms with Crippen LogP contribution in [0.2, 0.25) is 5.02 Å². The number of likely N-dealkylation sites (tertiary alicyclic amines) is 1. The van der Waals surface area contributed by atoms with E-state index in [9.17, 15) is 9.90 Å². The summed E-state index contributed by atoms with van der Waals surface area (Å²) in [7, 11) is 0. The van der Waals surface area contributed by atoms with Crippen LogP contribution in [-0.2, 0) is 6.54 Å². The van der Waals surface area contributed by atoms with Crippen molar-refractivity contribution in [2.24, 2.45) is 0 Å². The van der Waals surface area contributed by atoms with Gasteiger partial charge in [0.2, 0.25) is 5.43 Å². The van der Waals surface area contributed by atoms with Gasteiger partial charge in [-0.3, -0.25) is 9.69 Å². The summed E-state index contributed by atoms with van der Waals surface area (Å²) in [6, 6.07) is 10.9. The highest BCUT2D eigenvalue weighted by Crippen LogP contribution is 2.32. The quantitative estimate of drug-likeness (QED) is 0.633. The van der Waals surface area contributed by atoms with E-state index in [1.54, 1.807) is 31.2 Å². The average Bonchev–Trinajstić information content (AvgIpc) is 2.67. The highest BCUT2D eigenvalue weighted by atomic mass is 35.5. The minimum atomic E-state index is -0.0889. The monoisotopic (exact) mass is 397 g/mol. The Bertz CT molecular complexity index is 1070. The van der Waals surface area contributed by atoms with Gasteiger partial charge in [-0.25, -0.2) is 0 Å². The third kappa shape index (κ3) is 3.43. The molecule has 0 bridgehead atoms. The number of fused-ring (bicyclic) bond motifs is 1. The van der Waals surface area contributed by atoms with Crippen molar-refractivity contribution >= 4 is 22.6 Å². The lowest BCUT2D eigenvalue weighted by Gasteiger charge is -2.33. The van der Waals surface area contributed by atoms with Gasteiger partial charge in [0.15, 0.2) is 0 Å². The maximum atomic E-state index is 13.3. The summed E-state index contributed by atoms with van der Waals surface area (Å²) in [6.07, 6.45) is 3.53. The lowest BCUT2D eigenvalue weighted by Crippen LogP contribution is -2.36. The van der Waals surface area contributed by atoms with Crippen LogP contribution in [0.25, 0.3) is 22.1 Å². The molecule has 1 aliphatic rings. The van der Waals surface area contributed by atoms with Gasteiger partial charge >= 0.3 is 0 Å². The number of piperidine rings is 1. The Labute approximate surface area is 169 Å². The first-order valence-electron chi connectivity index (χ1n) is 9.74. The number of phenolic OH excluding ortho intramolecular Hbond substituents is 1.